The van der Waals surface area contributed by atoms with E-state index in [1.54, 1.807) is 0 Å². The minimum absolute atomic E-state index is 0.363. The highest BCUT2D eigenvalue weighted by atomic mass is 19.1. The maximum Gasteiger partial charge on any atom is 0.707 e. The maximum absolute atomic E-state index is 13.9. The lowest BCUT2D eigenvalue weighted by Gasteiger charge is -2.32. The first-order valence-electron chi connectivity index (χ1n) is 8.91. The minimum Gasteiger partial charge on any atom is -0.508 e. The third kappa shape index (κ3) is 5.18. The van der Waals surface area contributed by atoms with Crippen LogP contribution in [0.15, 0.2) is 12.1 Å². The fraction of sp³-hybridized carbons (Fsp3) is 0.667. The van der Waals surface area contributed by atoms with Gasteiger partial charge in [-0.2, -0.15) is 0 Å². The van der Waals surface area contributed by atoms with Crippen molar-refractivity contribution in [3.63, 3.8) is 0 Å². The van der Waals surface area contributed by atoms with Gasteiger partial charge >= 0.3 is 7.32 Å². The lowest BCUT2D eigenvalue weighted by atomic mass is 9.74. The normalized spacial score (nSPS) is 22.2. The van der Waals surface area contributed by atoms with Crippen LogP contribution in [0.5, 0.6) is 5.75 Å². The fourth-order valence-corrected chi connectivity index (χ4v) is 3.94. The predicted molar refractivity (Wildman–Crippen MR) is 90.4 cm³/mol. The Kier molecular flexibility index (Phi) is 7.05. The molecular formula is C18H27BF2O3. The van der Waals surface area contributed by atoms with E-state index in [1.807, 2.05) is 0 Å². The van der Waals surface area contributed by atoms with Crippen LogP contribution in [-0.4, -0.2) is 17.4 Å². The Hall–Kier alpha value is -1.14. The summed E-state index contributed by atoms with van der Waals surface area (Å²) in [7, 11) is -2.24. The van der Waals surface area contributed by atoms with Crippen LogP contribution in [0.25, 0.3) is 0 Å². The Labute approximate surface area is 143 Å². The van der Waals surface area contributed by atoms with Crippen LogP contribution >= 0.6 is 0 Å². The lowest BCUT2D eigenvalue weighted by Crippen LogP contribution is -2.23. The Balaban J connectivity index is 1.96. The van der Waals surface area contributed by atoms with Crippen LogP contribution in [-0.2, 0) is 6.42 Å². The summed E-state index contributed by atoms with van der Waals surface area (Å²) >= 11 is 0. The Morgan fingerprint density at radius 3 is 2.25 bits per heavy atom. The van der Waals surface area contributed by atoms with Crippen molar-refractivity contribution in [2.45, 2.75) is 58.8 Å². The molecule has 0 heterocycles. The van der Waals surface area contributed by atoms with Gasteiger partial charge in [0, 0.05) is 0 Å². The average Bonchev–Trinajstić information content (AvgIpc) is 2.52. The number of halogens is 2. The van der Waals surface area contributed by atoms with Gasteiger partial charge in [-0.1, -0.05) is 39.5 Å². The van der Waals surface area contributed by atoms with Gasteiger partial charge in [-0.25, -0.2) is 8.78 Å². The lowest BCUT2D eigenvalue weighted by molar-refractivity contribution is 0.206. The molecule has 0 bridgehead atoms. The zero-order chi connectivity index (χ0) is 17.7. The molecule has 1 aliphatic carbocycles. The van der Waals surface area contributed by atoms with Gasteiger partial charge in [-0.05, 0) is 54.7 Å². The van der Waals surface area contributed by atoms with Crippen molar-refractivity contribution in [2.24, 2.45) is 17.8 Å². The van der Waals surface area contributed by atoms with E-state index in [0.717, 1.165) is 5.92 Å². The number of rotatable bonds is 7. The molecule has 1 aromatic rings. The van der Waals surface area contributed by atoms with Crippen molar-refractivity contribution in [2.75, 3.05) is 0 Å². The van der Waals surface area contributed by atoms with Crippen LogP contribution in [0.1, 0.15) is 57.9 Å². The molecule has 0 aromatic heterocycles. The summed E-state index contributed by atoms with van der Waals surface area (Å²) in [6.07, 6.45) is 8.04. The molecule has 2 N–H and O–H groups in total. The maximum atomic E-state index is 13.9. The van der Waals surface area contributed by atoms with Crippen molar-refractivity contribution < 1.29 is 23.5 Å². The SMILES string of the molecule is CCC[C@H]1CC[C@H]([C@H](C)Cc2cc(F)c(OB(O)O)c(F)c2)CC1. The second kappa shape index (κ2) is 8.81. The molecule has 134 valence electrons. The molecule has 1 aromatic carbocycles. The van der Waals surface area contributed by atoms with Crippen LogP contribution in [0, 0.1) is 29.4 Å². The standard InChI is InChI=1S/C18H27BF2O3/c1-3-4-13-5-7-15(8-6-13)12(2)9-14-10-16(20)18(17(21)11-14)24-19(22)23/h10-13,15,22-23H,3-9H2,1-2H3/t12-,13-,15-/m1/s1. The van der Waals surface area contributed by atoms with Gasteiger partial charge in [-0.15, -0.1) is 0 Å². The molecule has 1 atom stereocenters. The molecule has 3 nitrogen and oxygen atoms in total. The molecule has 6 heteroatoms. The Morgan fingerprint density at radius 2 is 1.75 bits per heavy atom. The van der Waals surface area contributed by atoms with Crippen LogP contribution in [0.3, 0.4) is 0 Å². The molecule has 0 saturated heterocycles. The topological polar surface area (TPSA) is 49.7 Å². The van der Waals surface area contributed by atoms with Gasteiger partial charge in [0.25, 0.3) is 0 Å². The number of hydrogen-bond acceptors (Lipinski definition) is 3. The first-order valence-corrected chi connectivity index (χ1v) is 8.91. The van der Waals surface area contributed by atoms with E-state index in [-0.39, 0.29) is 0 Å². The zero-order valence-corrected chi connectivity index (χ0v) is 14.5. The van der Waals surface area contributed by atoms with E-state index >= 15 is 0 Å². The van der Waals surface area contributed by atoms with Crippen molar-refractivity contribution in [3.8, 4) is 5.75 Å². The van der Waals surface area contributed by atoms with Crippen LogP contribution in [0.4, 0.5) is 8.78 Å². The summed E-state index contributed by atoms with van der Waals surface area (Å²) in [5.41, 5.74) is 0.577. The van der Waals surface area contributed by atoms with E-state index in [2.05, 4.69) is 18.5 Å². The molecule has 1 aliphatic rings. The van der Waals surface area contributed by atoms with Gasteiger partial charge in [0.1, 0.15) is 0 Å². The highest BCUT2D eigenvalue weighted by molar-refractivity contribution is 6.33. The summed E-state index contributed by atoms with van der Waals surface area (Å²) in [6.45, 7) is 4.36. The van der Waals surface area contributed by atoms with E-state index in [0.29, 0.717) is 23.8 Å². The van der Waals surface area contributed by atoms with Crippen molar-refractivity contribution in [1.29, 1.82) is 0 Å². The van der Waals surface area contributed by atoms with E-state index in [4.69, 9.17) is 10.0 Å². The largest absolute Gasteiger partial charge is 0.707 e. The van der Waals surface area contributed by atoms with Gasteiger partial charge in [0.15, 0.2) is 17.4 Å². The molecule has 1 saturated carbocycles. The molecule has 24 heavy (non-hydrogen) atoms. The summed E-state index contributed by atoms with van der Waals surface area (Å²) in [4.78, 5) is 0. The second-order valence-electron chi connectivity index (χ2n) is 7.08. The Bertz CT molecular complexity index is 508. The zero-order valence-electron chi connectivity index (χ0n) is 14.5. The van der Waals surface area contributed by atoms with Gasteiger partial charge < -0.3 is 14.7 Å². The number of benzene rings is 1. The third-order valence-electron chi connectivity index (χ3n) is 5.23. The predicted octanol–water partition coefficient (Wildman–Crippen LogP) is 4.10. The smallest absolute Gasteiger partial charge is 0.508 e. The summed E-state index contributed by atoms with van der Waals surface area (Å²) < 4.78 is 32.2. The van der Waals surface area contributed by atoms with Crippen molar-refractivity contribution in [1.82, 2.24) is 0 Å². The molecule has 0 aliphatic heterocycles. The van der Waals surface area contributed by atoms with E-state index < -0.39 is 24.7 Å². The monoisotopic (exact) mass is 340 g/mol. The van der Waals surface area contributed by atoms with Gasteiger partial charge in [0.2, 0.25) is 0 Å². The van der Waals surface area contributed by atoms with E-state index in [1.165, 1.54) is 50.7 Å². The molecule has 0 unspecified atom stereocenters. The quantitative estimate of drug-likeness (QED) is 0.735. The summed E-state index contributed by atoms with van der Waals surface area (Å²) in [6, 6.07) is 2.44. The minimum atomic E-state index is -2.24. The highest BCUT2D eigenvalue weighted by Gasteiger charge is 2.26. The van der Waals surface area contributed by atoms with Crippen LogP contribution < -0.4 is 4.65 Å². The van der Waals surface area contributed by atoms with Crippen molar-refractivity contribution in [3.05, 3.63) is 29.3 Å². The van der Waals surface area contributed by atoms with Crippen molar-refractivity contribution >= 4 is 7.32 Å². The van der Waals surface area contributed by atoms with E-state index in [9.17, 15) is 8.78 Å². The second-order valence-corrected chi connectivity index (χ2v) is 7.08. The fourth-order valence-electron chi connectivity index (χ4n) is 3.94. The van der Waals surface area contributed by atoms with Crippen LogP contribution in [0.2, 0.25) is 0 Å². The summed E-state index contributed by atoms with van der Waals surface area (Å²) in [5, 5.41) is 17.4. The molecule has 2 rings (SSSR count). The molecule has 1 fully saturated rings. The molecule has 0 spiro atoms. The average molecular weight is 340 g/mol. The number of hydrogen-bond donors (Lipinski definition) is 2. The molecule has 0 radical (unpaired) electrons. The molecule has 0 amide bonds. The first-order chi connectivity index (χ1) is 11.4. The third-order valence-corrected chi connectivity index (χ3v) is 5.23. The van der Waals surface area contributed by atoms with Gasteiger partial charge in [0.05, 0.1) is 0 Å². The van der Waals surface area contributed by atoms with Gasteiger partial charge in [-0.3, -0.25) is 0 Å². The molecular weight excluding hydrogens is 313 g/mol. The first kappa shape index (κ1) is 19.2. The Morgan fingerprint density at radius 1 is 1.17 bits per heavy atom. The summed E-state index contributed by atoms with van der Waals surface area (Å²) in [5.74, 6) is -0.758. The highest BCUT2D eigenvalue weighted by Crippen LogP contribution is 2.37.